The number of hydrogen-bond acceptors (Lipinski definition) is 2. The molecular formula is C13H22N4. The van der Waals surface area contributed by atoms with Gasteiger partial charge in [-0.05, 0) is 31.9 Å². The van der Waals surface area contributed by atoms with Crippen molar-refractivity contribution < 1.29 is 0 Å². The molecule has 0 bridgehead atoms. The Balaban J connectivity index is 2.61. The van der Waals surface area contributed by atoms with Crippen LogP contribution in [-0.4, -0.2) is 24.0 Å². The van der Waals surface area contributed by atoms with Gasteiger partial charge in [-0.3, -0.25) is 4.98 Å². The highest BCUT2D eigenvalue weighted by molar-refractivity contribution is 5.79. The summed E-state index contributed by atoms with van der Waals surface area (Å²) >= 11 is 0. The van der Waals surface area contributed by atoms with Crippen molar-refractivity contribution in [1.29, 1.82) is 0 Å². The zero-order valence-electron chi connectivity index (χ0n) is 11.0. The fourth-order valence-electron chi connectivity index (χ4n) is 1.42. The molecular weight excluding hydrogens is 212 g/mol. The lowest BCUT2D eigenvalue weighted by molar-refractivity contribution is 0.782. The number of nitrogens with zero attached hydrogens (tertiary/aromatic N) is 2. The quantitative estimate of drug-likeness (QED) is 0.604. The number of nitrogens with one attached hydrogen (secondary N) is 2. The lowest BCUT2D eigenvalue weighted by Gasteiger charge is -2.10. The van der Waals surface area contributed by atoms with Gasteiger partial charge in [-0.2, -0.15) is 0 Å². The first-order chi connectivity index (χ1) is 8.27. The lowest BCUT2D eigenvalue weighted by Crippen LogP contribution is -2.37. The summed E-state index contributed by atoms with van der Waals surface area (Å²) in [4.78, 5) is 8.84. The fourth-order valence-corrected chi connectivity index (χ4v) is 1.42. The van der Waals surface area contributed by atoms with Crippen molar-refractivity contribution in [1.82, 2.24) is 15.6 Å². The molecule has 2 N–H and O–H groups in total. The highest BCUT2D eigenvalue weighted by atomic mass is 15.2. The molecule has 0 spiro atoms. The van der Waals surface area contributed by atoms with Crippen molar-refractivity contribution >= 4 is 5.96 Å². The van der Waals surface area contributed by atoms with Crippen LogP contribution in [0.15, 0.2) is 23.3 Å². The molecule has 1 rings (SSSR count). The molecule has 0 aliphatic rings. The van der Waals surface area contributed by atoms with Crippen LogP contribution < -0.4 is 10.6 Å². The number of aryl methyl sites for hydroxylation is 1. The van der Waals surface area contributed by atoms with E-state index in [0.717, 1.165) is 31.2 Å². The van der Waals surface area contributed by atoms with Crippen LogP contribution in [0.3, 0.4) is 0 Å². The van der Waals surface area contributed by atoms with E-state index < -0.39 is 0 Å². The van der Waals surface area contributed by atoms with Gasteiger partial charge in [0, 0.05) is 19.3 Å². The van der Waals surface area contributed by atoms with Crippen LogP contribution in [0.25, 0.3) is 0 Å². The van der Waals surface area contributed by atoms with E-state index in [-0.39, 0.29) is 0 Å². The maximum atomic E-state index is 4.51. The van der Waals surface area contributed by atoms with Crippen LogP contribution in [0, 0.1) is 6.92 Å². The van der Waals surface area contributed by atoms with E-state index in [1.807, 2.05) is 12.3 Å². The first-order valence-corrected chi connectivity index (χ1v) is 6.20. The Labute approximate surface area is 104 Å². The van der Waals surface area contributed by atoms with Crippen LogP contribution in [0.4, 0.5) is 0 Å². The molecule has 94 valence electrons. The van der Waals surface area contributed by atoms with Gasteiger partial charge in [0.2, 0.25) is 0 Å². The molecule has 0 aliphatic heterocycles. The number of aliphatic imine (C=N–C) groups is 1. The smallest absolute Gasteiger partial charge is 0.191 e. The summed E-state index contributed by atoms with van der Waals surface area (Å²) in [6.07, 6.45) is 2.90. The molecule has 1 heterocycles. The standard InChI is InChI=1S/C13H22N4/c1-4-8-16-13(14-5-2)17-10-12-11(3)7-6-9-15-12/h6-7,9H,4-5,8,10H2,1-3H3,(H2,14,16,17). The average Bonchev–Trinajstić information content (AvgIpc) is 2.34. The van der Waals surface area contributed by atoms with Crippen LogP contribution in [0.1, 0.15) is 31.5 Å². The number of aromatic nitrogens is 1. The minimum Gasteiger partial charge on any atom is -0.357 e. The van der Waals surface area contributed by atoms with Gasteiger partial charge in [0.15, 0.2) is 5.96 Å². The Hall–Kier alpha value is -1.58. The molecule has 0 radical (unpaired) electrons. The molecule has 0 saturated carbocycles. The van der Waals surface area contributed by atoms with Gasteiger partial charge in [-0.1, -0.05) is 13.0 Å². The van der Waals surface area contributed by atoms with E-state index in [0.29, 0.717) is 6.54 Å². The van der Waals surface area contributed by atoms with Gasteiger partial charge >= 0.3 is 0 Å². The second-order valence-electron chi connectivity index (χ2n) is 3.89. The molecule has 0 aliphatic carbocycles. The zero-order chi connectivity index (χ0) is 12.5. The second kappa shape index (κ2) is 7.65. The predicted molar refractivity (Wildman–Crippen MR) is 72.1 cm³/mol. The number of pyridine rings is 1. The average molecular weight is 234 g/mol. The van der Waals surface area contributed by atoms with Gasteiger partial charge in [0.05, 0.1) is 12.2 Å². The van der Waals surface area contributed by atoms with E-state index >= 15 is 0 Å². The highest BCUT2D eigenvalue weighted by Gasteiger charge is 1.99. The maximum absolute atomic E-state index is 4.51. The Morgan fingerprint density at radius 2 is 2.18 bits per heavy atom. The second-order valence-corrected chi connectivity index (χ2v) is 3.89. The van der Waals surface area contributed by atoms with Crippen molar-refractivity contribution in [2.24, 2.45) is 4.99 Å². The summed E-state index contributed by atoms with van der Waals surface area (Å²) in [5.74, 6) is 0.861. The molecule has 4 nitrogen and oxygen atoms in total. The molecule has 1 aromatic heterocycles. The Morgan fingerprint density at radius 1 is 1.35 bits per heavy atom. The van der Waals surface area contributed by atoms with Crippen molar-refractivity contribution in [2.45, 2.75) is 33.7 Å². The summed E-state index contributed by atoms with van der Waals surface area (Å²) in [5.41, 5.74) is 2.21. The van der Waals surface area contributed by atoms with Crippen molar-refractivity contribution in [2.75, 3.05) is 13.1 Å². The van der Waals surface area contributed by atoms with E-state index in [9.17, 15) is 0 Å². The van der Waals surface area contributed by atoms with Gasteiger partial charge in [-0.15, -0.1) is 0 Å². The first kappa shape index (κ1) is 13.5. The fraction of sp³-hybridized carbons (Fsp3) is 0.538. The van der Waals surface area contributed by atoms with E-state index in [1.165, 1.54) is 5.56 Å². The summed E-state index contributed by atoms with van der Waals surface area (Å²) in [5, 5.41) is 6.49. The van der Waals surface area contributed by atoms with Crippen LogP contribution in [0.5, 0.6) is 0 Å². The Morgan fingerprint density at radius 3 is 2.82 bits per heavy atom. The van der Waals surface area contributed by atoms with Gasteiger partial charge in [-0.25, -0.2) is 4.99 Å². The topological polar surface area (TPSA) is 49.3 Å². The molecule has 17 heavy (non-hydrogen) atoms. The number of rotatable bonds is 5. The van der Waals surface area contributed by atoms with Crippen molar-refractivity contribution in [3.05, 3.63) is 29.6 Å². The molecule has 0 aromatic carbocycles. The molecule has 0 saturated heterocycles. The third-order valence-electron chi connectivity index (χ3n) is 2.39. The predicted octanol–water partition coefficient (Wildman–Crippen LogP) is 1.86. The van der Waals surface area contributed by atoms with Crippen LogP contribution in [-0.2, 0) is 6.54 Å². The number of guanidine groups is 1. The molecule has 1 aromatic rings. The van der Waals surface area contributed by atoms with Gasteiger partial charge in [0.25, 0.3) is 0 Å². The normalized spacial score (nSPS) is 11.4. The van der Waals surface area contributed by atoms with E-state index in [4.69, 9.17) is 0 Å². The van der Waals surface area contributed by atoms with Gasteiger partial charge in [0.1, 0.15) is 0 Å². The molecule has 0 atom stereocenters. The largest absolute Gasteiger partial charge is 0.357 e. The van der Waals surface area contributed by atoms with E-state index in [2.05, 4.69) is 47.4 Å². The van der Waals surface area contributed by atoms with Crippen LogP contribution in [0.2, 0.25) is 0 Å². The third-order valence-corrected chi connectivity index (χ3v) is 2.39. The Bertz CT molecular complexity index is 360. The first-order valence-electron chi connectivity index (χ1n) is 6.20. The molecule has 0 unspecified atom stereocenters. The van der Waals surface area contributed by atoms with Crippen molar-refractivity contribution in [3.63, 3.8) is 0 Å². The highest BCUT2D eigenvalue weighted by Crippen LogP contribution is 2.04. The minimum absolute atomic E-state index is 0.617. The monoisotopic (exact) mass is 234 g/mol. The number of hydrogen-bond donors (Lipinski definition) is 2. The minimum atomic E-state index is 0.617. The van der Waals surface area contributed by atoms with E-state index in [1.54, 1.807) is 0 Å². The SMILES string of the molecule is CCCNC(=NCc1ncccc1C)NCC. The molecule has 0 fully saturated rings. The Kier molecular flexibility index (Phi) is 6.07. The zero-order valence-corrected chi connectivity index (χ0v) is 11.0. The molecule has 0 amide bonds. The third kappa shape index (κ3) is 4.85. The lowest BCUT2D eigenvalue weighted by atomic mass is 10.2. The summed E-state index contributed by atoms with van der Waals surface area (Å²) in [6, 6.07) is 4.01. The summed E-state index contributed by atoms with van der Waals surface area (Å²) in [7, 11) is 0. The maximum Gasteiger partial charge on any atom is 0.191 e. The molecule has 4 heteroatoms. The van der Waals surface area contributed by atoms with Crippen molar-refractivity contribution in [3.8, 4) is 0 Å². The summed E-state index contributed by atoms with van der Waals surface area (Å²) in [6.45, 7) is 8.69. The van der Waals surface area contributed by atoms with Gasteiger partial charge < -0.3 is 10.6 Å². The van der Waals surface area contributed by atoms with Crippen LogP contribution >= 0.6 is 0 Å². The summed E-state index contributed by atoms with van der Waals surface area (Å²) < 4.78 is 0.